The smallest absolute Gasteiger partial charge is 0.289 e. The summed E-state index contributed by atoms with van der Waals surface area (Å²) in [5, 5.41) is 20.6. The highest BCUT2D eigenvalue weighted by molar-refractivity contribution is 8.18. The van der Waals surface area contributed by atoms with Crippen LogP contribution in [0.4, 0.5) is 4.79 Å². The van der Waals surface area contributed by atoms with Crippen molar-refractivity contribution in [2.75, 3.05) is 0 Å². The molecular weight excluding hydrogens is 236 g/mol. The summed E-state index contributed by atoms with van der Waals surface area (Å²) in [6.07, 6.45) is 0. The van der Waals surface area contributed by atoms with Crippen LogP contribution in [0.5, 0.6) is 0 Å². The van der Waals surface area contributed by atoms with Crippen molar-refractivity contribution in [1.82, 2.24) is 10.6 Å². The maximum Gasteiger partial charge on any atom is 0.289 e. The molecule has 3 rings (SSSR count). The van der Waals surface area contributed by atoms with E-state index in [-0.39, 0.29) is 11.1 Å². The molecule has 1 fully saturated rings. The van der Waals surface area contributed by atoms with Crippen molar-refractivity contribution in [3.63, 3.8) is 0 Å². The van der Waals surface area contributed by atoms with Crippen LogP contribution in [0.2, 0.25) is 0 Å². The van der Waals surface area contributed by atoms with Crippen molar-refractivity contribution in [3.05, 3.63) is 40.3 Å². The van der Waals surface area contributed by atoms with E-state index < -0.39 is 0 Å². The molecule has 1 aromatic rings. The Balaban J connectivity index is 2.19. The topological polar surface area (TPSA) is 88.8 Å². The lowest BCUT2D eigenvalue weighted by Gasteiger charge is -2.03. The molecule has 2 heterocycles. The lowest BCUT2D eigenvalue weighted by Crippen LogP contribution is -2.19. The Hall–Kier alpha value is -2.08. The minimum Gasteiger partial charge on any atom is -0.339 e. The number of fused-ring (bicyclic) bond motifs is 1. The van der Waals surface area contributed by atoms with E-state index in [1.807, 2.05) is 24.3 Å². The number of hydrogen-bond acceptors (Lipinski definition) is 4. The lowest BCUT2D eigenvalue weighted by molar-refractivity contribution is 0.265. The number of rotatable bonds is 0. The Kier molecular flexibility index (Phi) is 2.05. The maximum atomic E-state index is 11.2. The first-order valence-corrected chi connectivity index (χ1v) is 5.76. The van der Waals surface area contributed by atoms with Gasteiger partial charge in [-0.3, -0.25) is 15.6 Å². The predicted octanol–water partition coefficient (Wildman–Crippen LogP) is 1.72. The maximum absolute atomic E-state index is 11.2. The summed E-state index contributed by atoms with van der Waals surface area (Å²) in [6.45, 7) is 0. The van der Waals surface area contributed by atoms with Gasteiger partial charge in [-0.05, 0) is 11.8 Å². The molecule has 1 aromatic carbocycles. The van der Waals surface area contributed by atoms with Crippen LogP contribution in [-0.4, -0.2) is 16.9 Å². The van der Waals surface area contributed by atoms with Crippen LogP contribution in [0.3, 0.4) is 0 Å². The number of benzene rings is 1. The Morgan fingerprint density at radius 1 is 1.00 bits per heavy atom. The molecule has 0 radical (unpaired) electrons. The molecule has 17 heavy (non-hydrogen) atoms. The highest BCUT2D eigenvalue weighted by atomic mass is 32.2. The van der Waals surface area contributed by atoms with E-state index in [4.69, 9.17) is 10.8 Å². The fourth-order valence-electron chi connectivity index (χ4n) is 1.86. The van der Waals surface area contributed by atoms with Gasteiger partial charge in [0.05, 0.1) is 10.6 Å². The van der Waals surface area contributed by atoms with Crippen LogP contribution >= 0.6 is 11.8 Å². The van der Waals surface area contributed by atoms with Crippen molar-refractivity contribution in [1.29, 1.82) is 10.8 Å². The van der Waals surface area contributed by atoms with Crippen LogP contribution in [0.15, 0.2) is 29.2 Å². The third kappa shape index (κ3) is 1.45. The SMILES string of the molecule is N=C1NC(=O)SC1=C1NC(=N)c2ccccc21. The second-order valence-electron chi connectivity index (χ2n) is 3.64. The molecule has 1 saturated heterocycles. The number of amidine groups is 2. The van der Waals surface area contributed by atoms with Crippen molar-refractivity contribution in [3.8, 4) is 0 Å². The van der Waals surface area contributed by atoms with Gasteiger partial charge in [-0.1, -0.05) is 24.3 Å². The number of thioether (sulfide) groups is 1. The van der Waals surface area contributed by atoms with Crippen LogP contribution in [-0.2, 0) is 0 Å². The molecule has 0 aromatic heterocycles. The Bertz CT molecular complexity index is 605. The normalized spacial score (nSPS) is 22.5. The molecule has 4 N–H and O–H groups in total. The summed E-state index contributed by atoms with van der Waals surface area (Å²) in [5.41, 5.74) is 2.32. The standard InChI is InChI=1S/C11H8N4OS/c12-9-6-4-2-1-3-5(6)7(14-9)8-10(13)15-11(16)17-8/h1-4H,(H2,12,14)(H2,13,15,16). The minimum absolute atomic E-state index is 0.0898. The Morgan fingerprint density at radius 3 is 2.35 bits per heavy atom. The van der Waals surface area contributed by atoms with E-state index in [2.05, 4.69) is 10.6 Å². The van der Waals surface area contributed by atoms with Gasteiger partial charge < -0.3 is 10.6 Å². The number of hydrogen-bond donors (Lipinski definition) is 4. The van der Waals surface area contributed by atoms with E-state index in [1.165, 1.54) is 0 Å². The summed E-state index contributed by atoms with van der Waals surface area (Å²) in [4.78, 5) is 11.8. The fraction of sp³-hybridized carbons (Fsp3) is 0. The molecular formula is C11H8N4OS. The quantitative estimate of drug-likeness (QED) is 0.560. The number of carbonyl (C=O) groups is 1. The predicted molar refractivity (Wildman–Crippen MR) is 67.2 cm³/mol. The summed E-state index contributed by atoms with van der Waals surface area (Å²) >= 11 is 0.982. The molecule has 0 bridgehead atoms. The third-order valence-electron chi connectivity index (χ3n) is 2.59. The van der Waals surface area contributed by atoms with E-state index in [1.54, 1.807) is 0 Å². The Labute approximate surface area is 101 Å². The van der Waals surface area contributed by atoms with Gasteiger partial charge in [0.25, 0.3) is 5.24 Å². The average molecular weight is 244 g/mol. The van der Waals surface area contributed by atoms with E-state index in [0.717, 1.165) is 22.9 Å². The lowest BCUT2D eigenvalue weighted by atomic mass is 10.1. The molecule has 5 nitrogen and oxygen atoms in total. The zero-order valence-electron chi connectivity index (χ0n) is 8.63. The zero-order chi connectivity index (χ0) is 12.0. The highest BCUT2D eigenvalue weighted by Crippen LogP contribution is 2.34. The van der Waals surface area contributed by atoms with Gasteiger partial charge in [-0.2, -0.15) is 0 Å². The summed E-state index contributed by atoms with van der Waals surface area (Å²) in [6, 6.07) is 7.46. The molecule has 1 amide bonds. The molecule has 2 aliphatic rings. The van der Waals surface area contributed by atoms with E-state index >= 15 is 0 Å². The zero-order valence-corrected chi connectivity index (χ0v) is 9.44. The second kappa shape index (κ2) is 3.46. The average Bonchev–Trinajstić information content (AvgIpc) is 2.80. The fourth-order valence-corrected chi connectivity index (χ4v) is 2.62. The molecule has 0 aliphatic carbocycles. The van der Waals surface area contributed by atoms with Crippen LogP contribution in [0.25, 0.3) is 5.70 Å². The monoisotopic (exact) mass is 244 g/mol. The Morgan fingerprint density at radius 2 is 1.71 bits per heavy atom. The molecule has 84 valence electrons. The molecule has 2 aliphatic heterocycles. The molecule has 0 atom stereocenters. The number of carbonyl (C=O) groups excluding carboxylic acids is 1. The van der Waals surface area contributed by atoms with Gasteiger partial charge in [0.1, 0.15) is 11.7 Å². The van der Waals surface area contributed by atoms with Crippen LogP contribution in [0.1, 0.15) is 11.1 Å². The van der Waals surface area contributed by atoms with Gasteiger partial charge in [-0.15, -0.1) is 0 Å². The first-order chi connectivity index (χ1) is 8.16. The summed E-state index contributed by atoms with van der Waals surface area (Å²) in [7, 11) is 0. The van der Waals surface area contributed by atoms with Crippen molar-refractivity contribution in [2.24, 2.45) is 0 Å². The molecule has 0 unspecified atom stereocenters. The summed E-state index contributed by atoms with van der Waals surface area (Å²) < 4.78 is 0. The minimum atomic E-state index is -0.254. The second-order valence-corrected chi connectivity index (χ2v) is 4.62. The van der Waals surface area contributed by atoms with Gasteiger partial charge in [0, 0.05) is 11.1 Å². The summed E-state index contributed by atoms with van der Waals surface area (Å²) in [5.74, 6) is 0.392. The third-order valence-corrected chi connectivity index (χ3v) is 3.49. The highest BCUT2D eigenvalue weighted by Gasteiger charge is 2.31. The molecule has 0 spiro atoms. The van der Waals surface area contributed by atoms with E-state index in [9.17, 15) is 4.79 Å². The van der Waals surface area contributed by atoms with Crippen molar-refractivity contribution >= 4 is 34.4 Å². The van der Waals surface area contributed by atoms with Crippen LogP contribution in [0, 0.1) is 10.8 Å². The van der Waals surface area contributed by atoms with E-state index in [0.29, 0.717) is 16.4 Å². The van der Waals surface area contributed by atoms with Crippen molar-refractivity contribution < 1.29 is 4.79 Å². The van der Waals surface area contributed by atoms with Crippen molar-refractivity contribution in [2.45, 2.75) is 0 Å². The number of amides is 1. The van der Waals surface area contributed by atoms with Gasteiger partial charge in [0.2, 0.25) is 0 Å². The van der Waals surface area contributed by atoms with Gasteiger partial charge >= 0.3 is 0 Å². The largest absolute Gasteiger partial charge is 0.339 e. The number of nitrogens with one attached hydrogen (secondary N) is 4. The first-order valence-electron chi connectivity index (χ1n) is 4.94. The first kappa shape index (κ1) is 10.1. The van der Waals surface area contributed by atoms with Gasteiger partial charge in [-0.25, -0.2) is 0 Å². The van der Waals surface area contributed by atoms with Crippen LogP contribution < -0.4 is 10.6 Å². The molecule has 0 saturated carbocycles. The molecule has 6 heteroatoms. The van der Waals surface area contributed by atoms with Gasteiger partial charge in [0.15, 0.2) is 0 Å².